The third-order valence-electron chi connectivity index (χ3n) is 2.40. The van der Waals surface area contributed by atoms with E-state index in [4.69, 9.17) is 0 Å². The minimum Gasteiger partial charge on any atom is -0.347 e. The lowest BCUT2D eigenvalue weighted by Crippen LogP contribution is -2.17. The van der Waals surface area contributed by atoms with Gasteiger partial charge in [-0.25, -0.2) is 4.98 Å². The molecule has 1 aromatic heterocycles. The van der Waals surface area contributed by atoms with Crippen molar-refractivity contribution in [2.75, 3.05) is 0 Å². The van der Waals surface area contributed by atoms with Crippen LogP contribution in [0.25, 0.3) is 0 Å². The Morgan fingerprint density at radius 2 is 2.07 bits per heavy atom. The molecule has 0 fully saturated rings. The quantitative estimate of drug-likeness (QED) is 0.675. The van der Waals surface area contributed by atoms with Gasteiger partial charge in [-0.1, -0.05) is 26.8 Å². The highest BCUT2D eigenvalue weighted by Crippen LogP contribution is 2.23. The molecule has 0 atom stereocenters. The maximum Gasteiger partial charge on any atom is 0.270 e. The molecule has 2 rings (SSSR count). The van der Waals surface area contributed by atoms with E-state index in [-0.39, 0.29) is 11.3 Å². The van der Waals surface area contributed by atoms with Crippen LogP contribution in [0.1, 0.15) is 42.5 Å². The second-order valence-corrected chi connectivity index (χ2v) is 4.64. The van der Waals surface area contributed by atoms with Crippen molar-refractivity contribution in [2.45, 2.75) is 32.7 Å². The molecule has 0 bridgehead atoms. The fourth-order valence-electron chi connectivity index (χ4n) is 1.50. The number of carbonyl (C=O) groups excluding carboxylic acids is 1. The lowest BCUT2D eigenvalue weighted by molar-refractivity contribution is 0.0961. The second-order valence-electron chi connectivity index (χ2n) is 4.64. The summed E-state index contributed by atoms with van der Waals surface area (Å²) in [7, 11) is 0. The first-order chi connectivity index (χ1) is 6.48. The number of rotatable bonds is 0. The number of hydrogen-bond donors (Lipinski definition) is 1. The third-order valence-corrected chi connectivity index (χ3v) is 2.40. The Morgan fingerprint density at radius 3 is 2.71 bits per heavy atom. The Bertz CT molecular complexity index is 391. The molecule has 0 radical (unpaired) electrons. The largest absolute Gasteiger partial charge is 0.347 e. The number of amides is 1. The van der Waals surface area contributed by atoms with Crippen molar-refractivity contribution in [2.24, 2.45) is 0 Å². The highest BCUT2D eigenvalue weighted by atomic mass is 16.2. The van der Waals surface area contributed by atoms with Crippen LogP contribution in [0.15, 0.2) is 12.1 Å². The van der Waals surface area contributed by atoms with E-state index >= 15 is 0 Å². The maximum absolute atomic E-state index is 11.4. The number of pyridine rings is 1. The van der Waals surface area contributed by atoms with E-state index in [0.717, 1.165) is 11.3 Å². The van der Waals surface area contributed by atoms with E-state index in [2.05, 4.69) is 31.1 Å². The molecule has 74 valence electrons. The lowest BCUT2D eigenvalue weighted by atomic mass is 9.91. The average Bonchev–Trinajstić information content (AvgIpc) is 2.46. The molecule has 1 aliphatic heterocycles. The minimum absolute atomic E-state index is 0.00208. The van der Waals surface area contributed by atoms with Gasteiger partial charge in [0.15, 0.2) is 0 Å². The summed E-state index contributed by atoms with van der Waals surface area (Å²) in [6.07, 6.45) is 0. The standard InChI is InChI=1S/C11H14N2O/c1-11(2,3)8-5-4-7-6-12-10(14)9(7)13-8/h4-5H,6H2,1-3H3,(H,12,14). The Balaban J connectivity index is 2.50. The van der Waals surface area contributed by atoms with Crippen LogP contribution in [0.2, 0.25) is 0 Å². The van der Waals surface area contributed by atoms with Crippen molar-refractivity contribution < 1.29 is 4.79 Å². The highest BCUT2D eigenvalue weighted by Gasteiger charge is 2.23. The van der Waals surface area contributed by atoms with Crippen LogP contribution in [0.4, 0.5) is 0 Å². The molecular weight excluding hydrogens is 176 g/mol. The fraction of sp³-hybridized carbons (Fsp3) is 0.455. The van der Waals surface area contributed by atoms with Crippen molar-refractivity contribution in [3.63, 3.8) is 0 Å². The SMILES string of the molecule is CC(C)(C)c1ccc2c(n1)C(=O)NC2. The lowest BCUT2D eigenvalue weighted by Gasteiger charge is -2.17. The molecule has 0 aliphatic carbocycles. The van der Waals surface area contributed by atoms with Gasteiger partial charge in [-0.3, -0.25) is 4.79 Å². The Labute approximate surface area is 83.5 Å². The number of aromatic nitrogens is 1. The minimum atomic E-state index is -0.0499. The molecule has 2 heterocycles. The molecule has 1 aliphatic rings. The summed E-state index contributed by atoms with van der Waals surface area (Å²) in [5, 5.41) is 2.76. The number of nitrogens with zero attached hydrogens (tertiary/aromatic N) is 1. The molecule has 14 heavy (non-hydrogen) atoms. The fourth-order valence-corrected chi connectivity index (χ4v) is 1.50. The molecule has 3 heteroatoms. The van der Waals surface area contributed by atoms with Crippen molar-refractivity contribution in [1.82, 2.24) is 10.3 Å². The molecule has 0 unspecified atom stereocenters. The van der Waals surface area contributed by atoms with Crippen LogP contribution in [0.3, 0.4) is 0 Å². The van der Waals surface area contributed by atoms with Crippen LogP contribution >= 0.6 is 0 Å². The summed E-state index contributed by atoms with van der Waals surface area (Å²) in [6.45, 7) is 6.89. The molecule has 0 saturated heterocycles. The van der Waals surface area contributed by atoms with Crippen LogP contribution < -0.4 is 5.32 Å². The summed E-state index contributed by atoms with van der Waals surface area (Å²) in [4.78, 5) is 15.8. The van der Waals surface area contributed by atoms with Crippen LogP contribution in [0.5, 0.6) is 0 Å². The van der Waals surface area contributed by atoms with Crippen LogP contribution in [-0.2, 0) is 12.0 Å². The van der Waals surface area contributed by atoms with Crippen LogP contribution in [0, 0.1) is 0 Å². The molecule has 1 N–H and O–H groups in total. The molecular formula is C11H14N2O. The van der Waals surface area contributed by atoms with Gasteiger partial charge >= 0.3 is 0 Å². The van der Waals surface area contributed by atoms with Gasteiger partial charge in [0, 0.05) is 23.2 Å². The van der Waals surface area contributed by atoms with Crippen molar-refractivity contribution in [3.8, 4) is 0 Å². The van der Waals surface area contributed by atoms with Crippen LogP contribution in [-0.4, -0.2) is 10.9 Å². The van der Waals surface area contributed by atoms with E-state index in [9.17, 15) is 4.79 Å². The zero-order valence-electron chi connectivity index (χ0n) is 8.72. The predicted octanol–water partition coefficient (Wildman–Crippen LogP) is 1.62. The zero-order valence-corrected chi connectivity index (χ0v) is 8.72. The monoisotopic (exact) mass is 190 g/mol. The van der Waals surface area contributed by atoms with E-state index in [0.29, 0.717) is 12.2 Å². The van der Waals surface area contributed by atoms with Gasteiger partial charge in [0.2, 0.25) is 0 Å². The normalized spacial score (nSPS) is 15.2. The van der Waals surface area contributed by atoms with Crippen molar-refractivity contribution >= 4 is 5.91 Å². The summed E-state index contributed by atoms with van der Waals surface area (Å²) in [6, 6.07) is 3.99. The number of fused-ring (bicyclic) bond motifs is 1. The summed E-state index contributed by atoms with van der Waals surface area (Å²) in [5.41, 5.74) is 2.56. The number of carbonyl (C=O) groups is 1. The van der Waals surface area contributed by atoms with Gasteiger partial charge in [0.1, 0.15) is 5.69 Å². The van der Waals surface area contributed by atoms with Gasteiger partial charge in [-0.15, -0.1) is 0 Å². The molecule has 1 amide bonds. The summed E-state index contributed by atoms with van der Waals surface area (Å²) < 4.78 is 0. The molecule has 0 saturated carbocycles. The number of hydrogen-bond acceptors (Lipinski definition) is 2. The Hall–Kier alpha value is -1.38. The molecule has 0 spiro atoms. The first kappa shape index (κ1) is 9.19. The Morgan fingerprint density at radius 1 is 1.36 bits per heavy atom. The van der Waals surface area contributed by atoms with Gasteiger partial charge in [-0.05, 0) is 6.07 Å². The van der Waals surface area contributed by atoms with E-state index < -0.39 is 0 Å². The maximum atomic E-state index is 11.4. The molecule has 0 aromatic carbocycles. The molecule has 1 aromatic rings. The molecule has 3 nitrogen and oxygen atoms in total. The van der Waals surface area contributed by atoms with E-state index in [1.807, 2.05) is 12.1 Å². The van der Waals surface area contributed by atoms with E-state index in [1.54, 1.807) is 0 Å². The Kier molecular flexibility index (Phi) is 1.84. The van der Waals surface area contributed by atoms with E-state index in [1.165, 1.54) is 0 Å². The number of nitrogens with one attached hydrogen (secondary N) is 1. The topological polar surface area (TPSA) is 42.0 Å². The first-order valence-corrected chi connectivity index (χ1v) is 4.77. The van der Waals surface area contributed by atoms with Crippen molar-refractivity contribution in [1.29, 1.82) is 0 Å². The third kappa shape index (κ3) is 1.39. The smallest absolute Gasteiger partial charge is 0.270 e. The highest BCUT2D eigenvalue weighted by molar-refractivity contribution is 5.96. The zero-order chi connectivity index (χ0) is 10.3. The average molecular weight is 190 g/mol. The van der Waals surface area contributed by atoms with Gasteiger partial charge in [0.25, 0.3) is 5.91 Å². The second kappa shape index (κ2) is 2.80. The van der Waals surface area contributed by atoms with Crippen molar-refractivity contribution in [3.05, 3.63) is 29.1 Å². The van der Waals surface area contributed by atoms with Gasteiger partial charge in [0.05, 0.1) is 0 Å². The summed E-state index contributed by atoms with van der Waals surface area (Å²) in [5.74, 6) is -0.0499. The van der Waals surface area contributed by atoms with Gasteiger partial charge in [-0.2, -0.15) is 0 Å². The predicted molar refractivity (Wildman–Crippen MR) is 54.1 cm³/mol. The summed E-state index contributed by atoms with van der Waals surface area (Å²) >= 11 is 0. The first-order valence-electron chi connectivity index (χ1n) is 4.77. The van der Waals surface area contributed by atoms with Gasteiger partial charge < -0.3 is 5.32 Å².